The lowest BCUT2D eigenvalue weighted by Crippen LogP contribution is -2.53. The predicted octanol–water partition coefficient (Wildman–Crippen LogP) is 5.99. The minimum absolute atomic E-state index is 0.0920. The molecule has 8 heteroatoms. The summed E-state index contributed by atoms with van der Waals surface area (Å²) in [5.74, 6) is -0.518. The molecule has 0 heterocycles. The van der Waals surface area contributed by atoms with Crippen LogP contribution in [0, 0.1) is 10.1 Å². The first-order chi connectivity index (χ1) is 18.4. The molecule has 0 saturated heterocycles. The summed E-state index contributed by atoms with van der Waals surface area (Å²) >= 11 is 3.45. The number of nitro benzene ring substituents is 1. The van der Waals surface area contributed by atoms with Gasteiger partial charge in [-0.3, -0.25) is 19.7 Å². The van der Waals surface area contributed by atoms with Gasteiger partial charge in [0.1, 0.15) is 6.04 Å². The van der Waals surface area contributed by atoms with Crippen molar-refractivity contribution in [3.8, 4) is 0 Å². The van der Waals surface area contributed by atoms with Gasteiger partial charge in [-0.2, -0.15) is 0 Å². The maximum Gasteiger partial charge on any atom is 0.273 e. The molecule has 1 atom stereocenters. The molecule has 4 rings (SSSR count). The molecule has 0 bridgehead atoms. The second kappa shape index (κ2) is 13.3. The SMILES string of the molecule is O=C(NC1CCCCC1)[C@H](Cc1ccccc1)N(Cc1ccc(Br)cc1)C(=O)Cc1ccccc1[N+](=O)[O-]. The number of para-hydroxylation sites is 1. The van der Waals surface area contributed by atoms with Crippen molar-refractivity contribution < 1.29 is 14.5 Å². The van der Waals surface area contributed by atoms with Crippen LogP contribution in [-0.2, 0) is 29.0 Å². The van der Waals surface area contributed by atoms with Crippen molar-refractivity contribution in [1.29, 1.82) is 0 Å². The van der Waals surface area contributed by atoms with E-state index in [-0.39, 0.29) is 36.5 Å². The van der Waals surface area contributed by atoms with Gasteiger partial charge in [0.25, 0.3) is 5.69 Å². The van der Waals surface area contributed by atoms with E-state index in [1.165, 1.54) is 12.5 Å². The standard InChI is InChI=1S/C30H32BrN3O4/c31-25-17-15-23(16-18-25)21-33(29(35)20-24-11-7-8-14-27(24)34(37)38)28(19-22-9-3-1-4-10-22)30(36)32-26-12-5-2-6-13-26/h1,3-4,7-11,14-18,26,28H,2,5-6,12-13,19-21H2,(H,32,36)/t28-/m0/s1. The van der Waals surface area contributed by atoms with Crippen LogP contribution in [-0.4, -0.2) is 33.7 Å². The fraction of sp³-hybridized carbons (Fsp3) is 0.333. The Morgan fingerprint density at radius 2 is 1.58 bits per heavy atom. The van der Waals surface area contributed by atoms with Crippen molar-refractivity contribution >= 4 is 33.4 Å². The van der Waals surface area contributed by atoms with Gasteiger partial charge in [-0.1, -0.05) is 95.9 Å². The fourth-order valence-electron chi connectivity index (χ4n) is 4.99. The first-order valence-electron chi connectivity index (χ1n) is 13.0. The van der Waals surface area contributed by atoms with E-state index in [1.807, 2.05) is 54.6 Å². The molecule has 3 aromatic rings. The Balaban J connectivity index is 1.68. The minimum Gasteiger partial charge on any atom is -0.352 e. The molecule has 0 aromatic heterocycles. The summed E-state index contributed by atoms with van der Waals surface area (Å²) in [7, 11) is 0. The number of hydrogen-bond donors (Lipinski definition) is 1. The third-order valence-electron chi connectivity index (χ3n) is 7.02. The Kier molecular flexibility index (Phi) is 9.65. The molecule has 3 aromatic carbocycles. The Labute approximate surface area is 231 Å². The van der Waals surface area contributed by atoms with E-state index in [9.17, 15) is 19.7 Å². The molecule has 7 nitrogen and oxygen atoms in total. The molecule has 1 aliphatic carbocycles. The first-order valence-corrected chi connectivity index (χ1v) is 13.8. The summed E-state index contributed by atoms with van der Waals surface area (Å²) in [6.45, 7) is 0.211. The zero-order chi connectivity index (χ0) is 26.9. The molecule has 38 heavy (non-hydrogen) atoms. The van der Waals surface area contributed by atoms with E-state index in [2.05, 4.69) is 21.2 Å². The Morgan fingerprint density at radius 3 is 2.26 bits per heavy atom. The Bertz CT molecular complexity index is 1240. The fourth-order valence-corrected chi connectivity index (χ4v) is 5.25. The highest BCUT2D eigenvalue weighted by molar-refractivity contribution is 9.10. The largest absolute Gasteiger partial charge is 0.352 e. The van der Waals surface area contributed by atoms with Gasteiger partial charge in [-0.05, 0) is 36.1 Å². The van der Waals surface area contributed by atoms with Crippen molar-refractivity contribution in [2.24, 2.45) is 0 Å². The van der Waals surface area contributed by atoms with Crippen LogP contribution in [0.1, 0.15) is 48.8 Å². The second-order valence-corrected chi connectivity index (χ2v) is 10.7. The van der Waals surface area contributed by atoms with Crippen molar-refractivity contribution in [2.45, 2.75) is 63.6 Å². The molecule has 1 aliphatic rings. The highest BCUT2D eigenvalue weighted by atomic mass is 79.9. The summed E-state index contributed by atoms with van der Waals surface area (Å²) in [4.78, 5) is 40.4. The number of nitro groups is 1. The normalized spacial score (nSPS) is 14.4. The van der Waals surface area contributed by atoms with Gasteiger partial charge in [0.2, 0.25) is 11.8 Å². The maximum atomic E-state index is 13.9. The number of rotatable bonds is 10. The van der Waals surface area contributed by atoms with E-state index >= 15 is 0 Å². The van der Waals surface area contributed by atoms with Gasteiger partial charge >= 0.3 is 0 Å². The second-order valence-electron chi connectivity index (χ2n) is 9.76. The molecular formula is C30H32BrN3O4. The average molecular weight is 579 g/mol. The van der Waals surface area contributed by atoms with E-state index in [1.54, 1.807) is 23.1 Å². The third kappa shape index (κ3) is 7.51. The van der Waals surface area contributed by atoms with Crippen molar-refractivity contribution in [3.63, 3.8) is 0 Å². The van der Waals surface area contributed by atoms with E-state index in [4.69, 9.17) is 0 Å². The molecule has 0 aliphatic heterocycles. The number of nitrogens with zero attached hydrogens (tertiary/aromatic N) is 2. The van der Waals surface area contributed by atoms with Crippen LogP contribution in [0.3, 0.4) is 0 Å². The summed E-state index contributed by atoms with van der Waals surface area (Å²) in [6.07, 6.45) is 5.36. The third-order valence-corrected chi connectivity index (χ3v) is 7.55. The molecule has 1 fully saturated rings. The van der Waals surface area contributed by atoms with Gasteiger partial charge in [0, 0.05) is 35.1 Å². The van der Waals surface area contributed by atoms with Crippen LogP contribution in [0.4, 0.5) is 5.69 Å². The quantitative estimate of drug-likeness (QED) is 0.236. The zero-order valence-electron chi connectivity index (χ0n) is 21.2. The van der Waals surface area contributed by atoms with Crippen LogP contribution in [0.15, 0.2) is 83.3 Å². The Morgan fingerprint density at radius 1 is 0.921 bits per heavy atom. The molecule has 0 spiro atoms. The lowest BCUT2D eigenvalue weighted by molar-refractivity contribution is -0.385. The van der Waals surface area contributed by atoms with E-state index in [0.29, 0.717) is 12.0 Å². The lowest BCUT2D eigenvalue weighted by atomic mass is 9.94. The van der Waals surface area contributed by atoms with Gasteiger partial charge in [-0.25, -0.2) is 0 Å². The predicted molar refractivity (Wildman–Crippen MR) is 150 cm³/mol. The highest BCUT2D eigenvalue weighted by Gasteiger charge is 2.32. The van der Waals surface area contributed by atoms with Gasteiger partial charge < -0.3 is 10.2 Å². The van der Waals surface area contributed by atoms with Crippen LogP contribution in [0.5, 0.6) is 0 Å². The van der Waals surface area contributed by atoms with Crippen molar-refractivity contribution in [2.75, 3.05) is 0 Å². The number of hydrogen-bond acceptors (Lipinski definition) is 4. The number of amides is 2. The first kappa shape index (κ1) is 27.5. The summed E-state index contributed by atoms with van der Waals surface area (Å²) in [6, 6.07) is 22.9. The molecule has 1 N–H and O–H groups in total. The summed E-state index contributed by atoms with van der Waals surface area (Å²) in [5.41, 5.74) is 2.04. The van der Waals surface area contributed by atoms with Gasteiger partial charge in [-0.15, -0.1) is 0 Å². The number of carbonyl (C=O) groups is 2. The molecular weight excluding hydrogens is 546 g/mol. The summed E-state index contributed by atoms with van der Waals surface area (Å²) < 4.78 is 0.912. The molecule has 0 unspecified atom stereocenters. The lowest BCUT2D eigenvalue weighted by Gasteiger charge is -2.33. The van der Waals surface area contributed by atoms with Gasteiger partial charge in [0.15, 0.2) is 0 Å². The van der Waals surface area contributed by atoms with Crippen molar-refractivity contribution in [3.05, 3.63) is 110 Å². The van der Waals surface area contributed by atoms with Crippen LogP contribution < -0.4 is 5.32 Å². The number of nitrogens with one attached hydrogen (secondary N) is 1. The van der Waals surface area contributed by atoms with E-state index < -0.39 is 11.0 Å². The topological polar surface area (TPSA) is 92.6 Å². The molecule has 198 valence electrons. The van der Waals surface area contributed by atoms with Crippen LogP contribution in [0.25, 0.3) is 0 Å². The molecule has 0 radical (unpaired) electrons. The van der Waals surface area contributed by atoms with E-state index in [0.717, 1.165) is 41.3 Å². The number of halogens is 1. The highest BCUT2D eigenvalue weighted by Crippen LogP contribution is 2.23. The zero-order valence-corrected chi connectivity index (χ0v) is 22.8. The maximum absolute atomic E-state index is 13.9. The van der Waals surface area contributed by atoms with Crippen LogP contribution in [0.2, 0.25) is 0 Å². The van der Waals surface area contributed by atoms with Crippen molar-refractivity contribution in [1.82, 2.24) is 10.2 Å². The monoisotopic (exact) mass is 577 g/mol. The minimum atomic E-state index is -0.766. The number of benzene rings is 3. The van der Waals surface area contributed by atoms with Gasteiger partial charge in [0.05, 0.1) is 11.3 Å². The Hall–Kier alpha value is -3.52. The number of carbonyl (C=O) groups excluding carboxylic acids is 2. The average Bonchev–Trinajstić information content (AvgIpc) is 2.93. The molecule has 2 amide bonds. The molecule has 1 saturated carbocycles. The smallest absolute Gasteiger partial charge is 0.273 e. The van der Waals surface area contributed by atoms with Crippen LogP contribution >= 0.6 is 15.9 Å². The summed E-state index contributed by atoms with van der Waals surface area (Å²) in [5, 5.41) is 14.8.